The molecular formula is C32H28SiZr. The van der Waals surface area contributed by atoms with Crippen LogP contribution in [-0.2, 0) is 29.8 Å². The maximum atomic E-state index is 3.30. The van der Waals surface area contributed by atoms with E-state index in [-0.39, 0.29) is 0 Å². The maximum absolute atomic E-state index is 3.30. The Morgan fingerprint density at radius 3 is 1.79 bits per heavy atom. The summed E-state index contributed by atoms with van der Waals surface area (Å²) in [4.78, 5) is 0. The molecule has 0 bridgehead atoms. The van der Waals surface area contributed by atoms with E-state index < -0.39 is 5.43 Å². The number of benzene rings is 4. The molecule has 0 aromatic heterocycles. The second-order valence-electron chi connectivity index (χ2n) is 8.47. The van der Waals surface area contributed by atoms with Crippen molar-refractivity contribution < 1.29 is 23.3 Å². The molecule has 1 aliphatic carbocycles. The predicted octanol–water partition coefficient (Wildman–Crippen LogP) is 6.42. The van der Waals surface area contributed by atoms with Crippen molar-refractivity contribution in [2.24, 2.45) is 0 Å². The molecule has 0 saturated heterocycles. The molecule has 0 spiro atoms. The second-order valence-corrected chi connectivity index (χ2v) is 14.1. The zero-order chi connectivity index (χ0) is 23.8. The maximum Gasteiger partial charge on any atom is -0.0253 e. The number of hydrogen-bond donors (Lipinski definition) is 0. The molecule has 5 aromatic rings. The van der Waals surface area contributed by atoms with Crippen LogP contribution in [0.3, 0.4) is 0 Å². The van der Waals surface area contributed by atoms with E-state index in [9.17, 15) is 0 Å². The van der Waals surface area contributed by atoms with Gasteiger partial charge in [0, 0.05) is 0 Å². The zero-order valence-corrected chi connectivity index (χ0v) is 23.2. The minimum Gasteiger partial charge on any atom is -0.214 e. The van der Waals surface area contributed by atoms with E-state index in [4.69, 9.17) is 0 Å². The molecule has 0 unspecified atom stereocenters. The standard InChI is InChI=1S/C14H14Si.C13H9.C5H5.Zr/c1-11-3-7-13(8-4-11)15-14-9-5-12(2)6-10-14;1-3-7-12-10(5-1)9-11-6-2-4-8-13(11)12;1-2-4-5-3-1;/h3-10H,1-2H3;1-5,7-8H,9H2;1-5H;/q;2*-1;+2. The number of hydrogen-bond acceptors (Lipinski definition) is 0. The van der Waals surface area contributed by atoms with E-state index in [0.717, 1.165) is 6.42 Å². The predicted molar refractivity (Wildman–Crippen MR) is 143 cm³/mol. The number of rotatable bonds is 2. The van der Waals surface area contributed by atoms with Gasteiger partial charge in [0.05, 0.1) is 0 Å². The number of aryl methyl sites for hydroxylation is 2. The van der Waals surface area contributed by atoms with Gasteiger partial charge in [-0.05, 0) is 6.42 Å². The van der Waals surface area contributed by atoms with Crippen LogP contribution in [0, 0.1) is 19.9 Å². The van der Waals surface area contributed by atoms with E-state index >= 15 is 0 Å². The monoisotopic (exact) mass is 530 g/mol. The Labute approximate surface area is 219 Å². The SMILES string of the molecule is Cc1ccc([Si](=[Zr+2])c2ccc(C)cc2)cc1.[c-]1cccc2c1Cc1ccccc1-2.c1cc[cH-]c1. The van der Waals surface area contributed by atoms with Crippen LogP contribution in [0.25, 0.3) is 11.1 Å². The second kappa shape index (κ2) is 12.2. The van der Waals surface area contributed by atoms with Gasteiger partial charge in [-0.3, -0.25) is 0 Å². The third-order valence-corrected chi connectivity index (χ3v) is 11.9. The summed E-state index contributed by atoms with van der Waals surface area (Å²) >= 11 is 1.65. The summed E-state index contributed by atoms with van der Waals surface area (Å²) in [6, 6.07) is 46.1. The molecule has 6 rings (SSSR count). The van der Waals surface area contributed by atoms with Crippen molar-refractivity contribution >= 4 is 15.8 Å². The van der Waals surface area contributed by atoms with Gasteiger partial charge in [0.1, 0.15) is 0 Å². The normalized spacial score (nSPS) is 10.7. The summed E-state index contributed by atoms with van der Waals surface area (Å²) in [6.45, 7) is 4.29. The first-order chi connectivity index (χ1) is 16.6. The smallest absolute Gasteiger partial charge is 0.0253 e. The third kappa shape index (κ3) is 6.47. The van der Waals surface area contributed by atoms with E-state index in [1.165, 1.54) is 43.8 Å². The van der Waals surface area contributed by atoms with Crippen LogP contribution in [0.15, 0.2) is 121 Å². The van der Waals surface area contributed by atoms with Crippen molar-refractivity contribution in [2.45, 2.75) is 20.3 Å². The van der Waals surface area contributed by atoms with Crippen molar-refractivity contribution in [3.63, 3.8) is 0 Å². The van der Waals surface area contributed by atoms with Gasteiger partial charge in [-0.25, -0.2) is 12.1 Å². The first kappa shape index (κ1) is 24.5. The van der Waals surface area contributed by atoms with Crippen LogP contribution in [0.1, 0.15) is 22.3 Å². The van der Waals surface area contributed by atoms with Gasteiger partial charge in [0.25, 0.3) is 0 Å². The molecule has 0 fully saturated rings. The van der Waals surface area contributed by atoms with Gasteiger partial charge in [0.15, 0.2) is 0 Å². The Hall–Kier alpha value is -2.67. The third-order valence-electron chi connectivity index (χ3n) is 5.85. The van der Waals surface area contributed by atoms with E-state index in [0.29, 0.717) is 0 Å². The van der Waals surface area contributed by atoms with Gasteiger partial charge >= 0.3 is 113 Å². The minimum absolute atomic E-state index is 0.488. The first-order valence-corrected chi connectivity index (χ1v) is 16.8. The summed E-state index contributed by atoms with van der Waals surface area (Å²) in [5.74, 6) is 0. The first-order valence-electron chi connectivity index (χ1n) is 11.6. The van der Waals surface area contributed by atoms with Crippen molar-refractivity contribution in [3.8, 4) is 11.1 Å². The minimum atomic E-state index is -0.488. The Kier molecular flexibility index (Phi) is 8.74. The van der Waals surface area contributed by atoms with Gasteiger partial charge in [-0.2, -0.15) is 48.0 Å². The molecule has 164 valence electrons. The fourth-order valence-electron chi connectivity index (χ4n) is 3.93. The molecule has 0 atom stereocenters. The quantitative estimate of drug-likeness (QED) is 0.179. The van der Waals surface area contributed by atoms with Gasteiger partial charge in [-0.15, -0.1) is 5.56 Å². The topological polar surface area (TPSA) is 0 Å². The van der Waals surface area contributed by atoms with Crippen molar-refractivity contribution in [1.29, 1.82) is 0 Å². The molecule has 0 saturated carbocycles. The van der Waals surface area contributed by atoms with E-state index in [2.05, 4.69) is 105 Å². The zero-order valence-electron chi connectivity index (χ0n) is 19.8. The molecule has 5 aromatic carbocycles. The summed E-state index contributed by atoms with van der Waals surface area (Å²) < 4.78 is 0. The fraction of sp³-hybridized carbons (Fsp3) is 0.0938. The molecule has 0 amide bonds. The van der Waals surface area contributed by atoms with Crippen LogP contribution in [0.4, 0.5) is 0 Å². The molecule has 0 heterocycles. The molecule has 0 N–H and O–H groups in total. The molecule has 0 aliphatic heterocycles. The molecule has 0 radical (unpaired) electrons. The summed E-state index contributed by atoms with van der Waals surface area (Å²) in [7, 11) is 0. The van der Waals surface area contributed by atoms with Crippen LogP contribution >= 0.6 is 0 Å². The van der Waals surface area contributed by atoms with Crippen LogP contribution in [0.5, 0.6) is 0 Å². The van der Waals surface area contributed by atoms with E-state index in [1.54, 1.807) is 23.3 Å². The Balaban J connectivity index is 0.000000136. The molecule has 2 heteroatoms. The summed E-state index contributed by atoms with van der Waals surface area (Å²) in [6.07, 6.45) is 1.05. The Morgan fingerprint density at radius 2 is 1.24 bits per heavy atom. The van der Waals surface area contributed by atoms with Crippen molar-refractivity contribution in [3.05, 3.63) is 150 Å². The molecule has 0 nitrogen and oxygen atoms in total. The fourth-order valence-corrected chi connectivity index (χ4v) is 7.72. The summed E-state index contributed by atoms with van der Waals surface area (Å²) in [5.41, 5.74) is 7.71. The van der Waals surface area contributed by atoms with Gasteiger partial charge in [0.2, 0.25) is 0 Å². The molecule has 1 aliphatic rings. The Bertz CT molecular complexity index is 1220. The Morgan fingerprint density at radius 1 is 0.676 bits per heavy atom. The van der Waals surface area contributed by atoms with Crippen molar-refractivity contribution in [1.82, 2.24) is 0 Å². The largest absolute Gasteiger partial charge is 0.214 e. The molecule has 34 heavy (non-hydrogen) atoms. The van der Waals surface area contributed by atoms with Crippen molar-refractivity contribution in [2.75, 3.05) is 0 Å². The van der Waals surface area contributed by atoms with Gasteiger partial charge < -0.3 is 0 Å². The average Bonchev–Trinajstić information content (AvgIpc) is 3.57. The molecular weight excluding hydrogens is 504 g/mol. The van der Waals surface area contributed by atoms with Crippen LogP contribution < -0.4 is 10.4 Å². The van der Waals surface area contributed by atoms with Crippen LogP contribution in [0.2, 0.25) is 0 Å². The number of fused-ring (bicyclic) bond motifs is 3. The van der Waals surface area contributed by atoms with Gasteiger partial charge in [-0.1, -0.05) is 35.4 Å². The van der Waals surface area contributed by atoms with E-state index in [1.807, 2.05) is 36.4 Å². The summed E-state index contributed by atoms with van der Waals surface area (Å²) in [5, 5.41) is 3.05. The average molecular weight is 532 g/mol. The van der Waals surface area contributed by atoms with Crippen LogP contribution in [-0.4, -0.2) is 5.43 Å².